The van der Waals surface area contributed by atoms with E-state index < -0.39 is 32.5 Å². The highest BCUT2D eigenvalue weighted by atomic mass is 32.2. The van der Waals surface area contributed by atoms with Gasteiger partial charge < -0.3 is 0 Å². The Morgan fingerprint density at radius 2 is 1.71 bits per heavy atom. The maximum atomic E-state index is 13.7. The van der Waals surface area contributed by atoms with Crippen LogP contribution in [0.1, 0.15) is 37.7 Å². The second-order valence-electron chi connectivity index (χ2n) is 5.10. The summed E-state index contributed by atoms with van der Waals surface area (Å²) in [5.74, 6) is -1.40. The van der Waals surface area contributed by atoms with Gasteiger partial charge in [0.05, 0.1) is 5.56 Å². The third kappa shape index (κ3) is 3.94. The van der Waals surface area contributed by atoms with Crippen molar-refractivity contribution >= 4 is 10.0 Å². The summed E-state index contributed by atoms with van der Waals surface area (Å²) in [6.45, 7) is 0. The van der Waals surface area contributed by atoms with E-state index in [0.29, 0.717) is 25.0 Å². The first-order chi connectivity index (χ1) is 9.70. The lowest BCUT2D eigenvalue weighted by Crippen LogP contribution is -2.36. The number of sulfonamides is 1. The molecule has 0 aliphatic heterocycles. The minimum Gasteiger partial charge on any atom is -0.208 e. The molecule has 1 fully saturated rings. The van der Waals surface area contributed by atoms with Gasteiger partial charge in [0.2, 0.25) is 10.0 Å². The van der Waals surface area contributed by atoms with Gasteiger partial charge in [0.15, 0.2) is 0 Å². The Kier molecular flexibility index (Phi) is 4.57. The van der Waals surface area contributed by atoms with Gasteiger partial charge in [-0.2, -0.15) is 13.2 Å². The van der Waals surface area contributed by atoms with Crippen molar-refractivity contribution in [2.45, 2.75) is 49.2 Å². The van der Waals surface area contributed by atoms with Crippen molar-refractivity contribution in [1.82, 2.24) is 4.72 Å². The predicted molar refractivity (Wildman–Crippen MR) is 68.6 cm³/mol. The van der Waals surface area contributed by atoms with Crippen molar-refractivity contribution in [3.63, 3.8) is 0 Å². The number of hydrogen-bond acceptors (Lipinski definition) is 2. The highest BCUT2D eigenvalue weighted by Crippen LogP contribution is 2.31. The average molecular weight is 325 g/mol. The van der Waals surface area contributed by atoms with Gasteiger partial charge in [-0.05, 0) is 31.0 Å². The van der Waals surface area contributed by atoms with Crippen LogP contribution in [0.3, 0.4) is 0 Å². The third-order valence-corrected chi connectivity index (χ3v) is 5.03. The second kappa shape index (κ2) is 5.92. The lowest BCUT2D eigenvalue weighted by molar-refractivity contribution is -0.137. The van der Waals surface area contributed by atoms with E-state index in [2.05, 4.69) is 4.72 Å². The first kappa shape index (κ1) is 16.2. The molecule has 8 heteroatoms. The number of hydrogen-bond donors (Lipinski definition) is 1. The minimum absolute atomic E-state index is 0.204. The standard InChI is InChI=1S/C13H15F4NO2S/c14-11-8-9(13(15,16)17)6-7-12(11)21(19,20)18-10-4-2-1-3-5-10/h6-8,10,18H,1-5H2. The zero-order chi connectivity index (χ0) is 15.7. The van der Waals surface area contributed by atoms with Crippen molar-refractivity contribution in [1.29, 1.82) is 0 Å². The van der Waals surface area contributed by atoms with E-state index in [4.69, 9.17) is 0 Å². The summed E-state index contributed by atoms with van der Waals surface area (Å²) in [5.41, 5.74) is -1.21. The Morgan fingerprint density at radius 3 is 2.24 bits per heavy atom. The predicted octanol–water partition coefficient (Wildman–Crippen LogP) is 3.46. The molecule has 1 aliphatic carbocycles. The molecule has 118 valence electrons. The Balaban J connectivity index is 2.23. The van der Waals surface area contributed by atoms with Crippen LogP contribution in [0.15, 0.2) is 23.1 Å². The van der Waals surface area contributed by atoms with E-state index in [1.807, 2.05) is 0 Å². The number of nitrogens with one attached hydrogen (secondary N) is 1. The zero-order valence-electron chi connectivity index (χ0n) is 11.1. The fourth-order valence-corrected chi connectivity index (χ4v) is 3.76. The number of alkyl halides is 3. The van der Waals surface area contributed by atoms with Crippen LogP contribution in [0, 0.1) is 5.82 Å². The number of rotatable bonds is 3. The van der Waals surface area contributed by atoms with Gasteiger partial charge in [-0.3, -0.25) is 0 Å². The summed E-state index contributed by atoms with van der Waals surface area (Å²) in [6.07, 6.45) is -0.624. The molecule has 3 nitrogen and oxygen atoms in total. The normalized spacial score (nSPS) is 17.9. The summed E-state index contributed by atoms with van der Waals surface area (Å²) in [5, 5.41) is 0. The third-order valence-electron chi connectivity index (χ3n) is 3.48. The van der Waals surface area contributed by atoms with Crippen molar-refractivity contribution in [3.05, 3.63) is 29.6 Å². The molecule has 0 atom stereocenters. The van der Waals surface area contributed by atoms with Crippen LogP contribution in [0.5, 0.6) is 0 Å². The molecule has 21 heavy (non-hydrogen) atoms. The van der Waals surface area contributed by atoms with Crippen molar-refractivity contribution in [2.24, 2.45) is 0 Å². The van der Waals surface area contributed by atoms with Crippen LogP contribution in [0.4, 0.5) is 17.6 Å². The van der Waals surface area contributed by atoms with E-state index in [-0.39, 0.29) is 12.1 Å². The molecule has 0 unspecified atom stereocenters. The minimum atomic E-state index is -4.71. The Labute approximate surface area is 120 Å². The van der Waals surface area contributed by atoms with Crippen molar-refractivity contribution in [3.8, 4) is 0 Å². The maximum absolute atomic E-state index is 13.7. The molecule has 1 N–H and O–H groups in total. The fourth-order valence-electron chi connectivity index (χ4n) is 2.40. The van der Waals surface area contributed by atoms with E-state index in [9.17, 15) is 26.0 Å². The van der Waals surface area contributed by atoms with Crippen LogP contribution < -0.4 is 4.72 Å². The molecular weight excluding hydrogens is 310 g/mol. The second-order valence-corrected chi connectivity index (χ2v) is 6.78. The molecule has 0 heterocycles. The first-order valence-electron chi connectivity index (χ1n) is 6.59. The maximum Gasteiger partial charge on any atom is 0.416 e. The molecule has 0 spiro atoms. The Hall–Kier alpha value is -1.15. The molecule has 1 aromatic carbocycles. The smallest absolute Gasteiger partial charge is 0.208 e. The van der Waals surface area contributed by atoms with Gasteiger partial charge >= 0.3 is 6.18 Å². The lowest BCUT2D eigenvalue weighted by Gasteiger charge is -2.22. The number of benzene rings is 1. The summed E-state index contributed by atoms with van der Waals surface area (Å²) in [7, 11) is -4.15. The van der Waals surface area contributed by atoms with Crippen LogP contribution in [-0.4, -0.2) is 14.5 Å². The summed E-state index contributed by atoms with van der Waals surface area (Å²) in [6, 6.07) is 1.14. The summed E-state index contributed by atoms with van der Waals surface area (Å²) < 4.78 is 77.5. The fraction of sp³-hybridized carbons (Fsp3) is 0.538. The Morgan fingerprint density at radius 1 is 1.10 bits per heavy atom. The van der Waals surface area contributed by atoms with Gasteiger partial charge in [-0.25, -0.2) is 17.5 Å². The highest BCUT2D eigenvalue weighted by Gasteiger charge is 2.33. The monoisotopic (exact) mass is 325 g/mol. The summed E-state index contributed by atoms with van der Waals surface area (Å²) >= 11 is 0. The van der Waals surface area contributed by atoms with Crippen molar-refractivity contribution < 1.29 is 26.0 Å². The van der Waals surface area contributed by atoms with Crippen LogP contribution >= 0.6 is 0 Å². The van der Waals surface area contributed by atoms with Crippen LogP contribution in [0.25, 0.3) is 0 Å². The van der Waals surface area contributed by atoms with Gasteiger partial charge in [0.25, 0.3) is 0 Å². The molecule has 0 saturated heterocycles. The quantitative estimate of drug-likeness (QED) is 0.865. The molecule has 0 bridgehead atoms. The molecule has 2 rings (SSSR count). The van der Waals surface area contributed by atoms with Gasteiger partial charge in [0, 0.05) is 6.04 Å². The van der Waals surface area contributed by atoms with E-state index in [0.717, 1.165) is 19.3 Å². The van der Waals surface area contributed by atoms with Crippen LogP contribution in [-0.2, 0) is 16.2 Å². The SMILES string of the molecule is O=S(=O)(NC1CCCCC1)c1ccc(C(F)(F)F)cc1F. The molecule has 0 aromatic heterocycles. The van der Waals surface area contributed by atoms with Gasteiger partial charge in [-0.1, -0.05) is 19.3 Å². The highest BCUT2D eigenvalue weighted by molar-refractivity contribution is 7.89. The summed E-state index contributed by atoms with van der Waals surface area (Å²) in [4.78, 5) is -0.749. The van der Waals surface area contributed by atoms with Crippen molar-refractivity contribution in [2.75, 3.05) is 0 Å². The van der Waals surface area contributed by atoms with E-state index in [1.54, 1.807) is 0 Å². The molecule has 0 radical (unpaired) electrons. The molecule has 0 amide bonds. The lowest BCUT2D eigenvalue weighted by atomic mass is 9.96. The largest absolute Gasteiger partial charge is 0.416 e. The van der Waals surface area contributed by atoms with E-state index >= 15 is 0 Å². The van der Waals surface area contributed by atoms with Gasteiger partial charge in [-0.15, -0.1) is 0 Å². The zero-order valence-corrected chi connectivity index (χ0v) is 11.9. The van der Waals surface area contributed by atoms with Gasteiger partial charge in [0.1, 0.15) is 10.7 Å². The average Bonchev–Trinajstić information content (AvgIpc) is 2.37. The number of halogens is 4. The van der Waals surface area contributed by atoms with E-state index in [1.165, 1.54) is 0 Å². The molecule has 1 aliphatic rings. The molecular formula is C13H15F4NO2S. The molecule has 1 saturated carbocycles. The molecule has 1 aromatic rings. The topological polar surface area (TPSA) is 46.2 Å². The first-order valence-corrected chi connectivity index (χ1v) is 8.07. The van der Waals surface area contributed by atoms with Crippen LogP contribution in [0.2, 0.25) is 0 Å². The Bertz CT molecular complexity index is 607.